The molecule has 0 aliphatic carbocycles. The quantitative estimate of drug-likeness (QED) is 0.696. The molecule has 7 heteroatoms. The van der Waals surface area contributed by atoms with Crippen LogP contribution in [-0.2, 0) is 16.5 Å². The predicted molar refractivity (Wildman–Crippen MR) is 58.7 cm³/mol. The Morgan fingerprint density at radius 1 is 1.47 bits per heavy atom. The summed E-state index contributed by atoms with van der Waals surface area (Å²) >= 11 is 5.80. The molecule has 0 bridgehead atoms. The maximum atomic E-state index is 10.5. The minimum Gasteiger partial charge on any atom is -0.351 e. The van der Waals surface area contributed by atoms with Crippen LogP contribution in [0.15, 0.2) is 18.2 Å². The zero-order chi connectivity index (χ0) is 11.4. The maximum absolute atomic E-state index is 10.5. The van der Waals surface area contributed by atoms with E-state index in [1.165, 1.54) is 18.2 Å². The molecule has 0 unspecified atom stereocenters. The number of rotatable bonds is 3. The van der Waals surface area contributed by atoms with Crippen molar-refractivity contribution in [2.24, 2.45) is 5.73 Å². The van der Waals surface area contributed by atoms with Gasteiger partial charge in [0.05, 0.1) is 5.75 Å². The highest BCUT2D eigenvalue weighted by atomic mass is 35.5. The molecule has 0 saturated carbocycles. The fourth-order valence-corrected chi connectivity index (χ4v) is 1.93. The lowest BCUT2D eigenvalue weighted by molar-refractivity contribution is 0.259. The van der Waals surface area contributed by atoms with Gasteiger partial charge in [0.15, 0.2) is 0 Å². The highest BCUT2D eigenvalue weighted by Crippen LogP contribution is 2.21. The summed E-state index contributed by atoms with van der Waals surface area (Å²) in [5.41, 5.74) is 5.82. The van der Waals surface area contributed by atoms with Gasteiger partial charge in [-0.2, -0.15) is 0 Å². The van der Waals surface area contributed by atoms with Crippen molar-refractivity contribution < 1.29 is 13.2 Å². The summed E-state index contributed by atoms with van der Waals surface area (Å²) in [4.78, 5) is 10.5. The zero-order valence-corrected chi connectivity index (χ0v) is 9.22. The largest absolute Gasteiger partial charge is 0.351 e. The van der Waals surface area contributed by atoms with Crippen LogP contribution in [0.4, 0.5) is 10.5 Å². The van der Waals surface area contributed by atoms with E-state index in [2.05, 4.69) is 5.32 Å². The molecule has 82 valence electrons. The number of amides is 2. The van der Waals surface area contributed by atoms with E-state index in [1.54, 1.807) is 0 Å². The highest BCUT2D eigenvalue weighted by molar-refractivity contribution is 7.71. The Labute approximate surface area is 93.2 Å². The fourth-order valence-electron chi connectivity index (χ4n) is 1.03. The zero-order valence-electron chi connectivity index (χ0n) is 7.57. The van der Waals surface area contributed by atoms with E-state index in [-0.39, 0.29) is 10.8 Å². The number of thiol groups is 1. The summed E-state index contributed by atoms with van der Waals surface area (Å²) < 4.78 is 20.9. The molecule has 1 aromatic rings. The van der Waals surface area contributed by atoms with E-state index < -0.39 is 16.7 Å². The number of carbonyl (C=O) groups is 1. The molecule has 0 aromatic heterocycles. The van der Waals surface area contributed by atoms with Gasteiger partial charge in [0.25, 0.3) is 0 Å². The number of urea groups is 1. The minimum absolute atomic E-state index is 0.120. The van der Waals surface area contributed by atoms with Crippen molar-refractivity contribution in [2.75, 3.05) is 5.32 Å². The van der Waals surface area contributed by atoms with Crippen molar-refractivity contribution in [3.8, 4) is 0 Å². The molecule has 3 N–H and O–H groups in total. The molecule has 0 spiro atoms. The van der Waals surface area contributed by atoms with E-state index >= 15 is 0 Å². The third-order valence-electron chi connectivity index (χ3n) is 1.62. The Morgan fingerprint density at radius 3 is 2.60 bits per heavy atom. The van der Waals surface area contributed by atoms with Crippen LogP contribution in [0, 0.1) is 0 Å². The van der Waals surface area contributed by atoms with Crippen LogP contribution < -0.4 is 11.1 Å². The van der Waals surface area contributed by atoms with Gasteiger partial charge in [0, 0.05) is 10.7 Å². The number of halogens is 1. The van der Waals surface area contributed by atoms with Crippen LogP contribution in [0.1, 0.15) is 5.56 Å². The van der Waals surface area contributed by atoms with Crippen molar-refractivity contribution in [1.29, 1.82) is 0 Å². The van der Waals surface area contributed by atoms with Gasteiger partial charge in [0.2, 0.25) is 0 Å². The SMILES string of the molecule is NC(=O)Nc1ccc(C[SH](=O)=O)c(Cl)c1. The van der Waals surface area contributed by atoms with Gasteiger partial charge >= 0.3 is 6.03 Å². The summed E-state index contributed by atoms with van der Waals surface area (Å²) in [6.45, 7) is 0. The molecule has 5 nitrogen and oxygen atoms in total. The third kappa shape index (κ3) is 3.77. The second-order valence-electron chi connectivity index (χ2n) is 2.79. The first-order valence-corrected chi connectivity index (χ1v) is 5.70. The van der Waals surface area contributed by atoms with Crippen LogP contribution in [0.3, 0.4) is 0 Å². The predicted octanol–water partition coefficient (Wildman–Crippen LogP) is 0.942. The summed E-state index contributed by atoms with van der Waals surface area (Å²) in [5.74, 6) is -0.120. The van der Waals surface area contributed by atoms with Gasteiger partial charge in [-0.25, -0.2) is 13.2 Å². The summed E-state index contributed by atoms with van der Waals surface area (Å²) in [6.07, 6.45) is 0. The summed E-state index contributed by atoms with van der Waals surface area (Å²) in [7, 11) is -2.52. The molecule has 0 radical (unpaired) electrons. The van der Waals surface area contributed by atoms with E-state index in [1.807, 2.05) is 0 Å². The van der Waals surface area contributed by atoms with Gasteiger partial charge in [-0.1, -0.05) is 17.7 Å². The molecule has 1 aromatic carbocycles. The van der Waals surface area contributed by atoms with Crippen molar-refractivity contribution in [3.63, 3.8) is 0 Å². The van der Waals surface area contributed by atoms with Gasteiger partial charge in [0.1, 0.15) is 10.7 Å². The highest BCUT2D eigenvalue weighted by Gasteiger charge is 2.04. The van der Waals surface area contributed by atoms with Crippen molar-refractivity contribution >= 4 is 34.0 Å². The normalized spacial score (nSPS) is 10.3. The van der Waals surface area contributed by atoms with Gasteiger partial charge in [-0.05, 0) is 17.7 Å². The van der Waals surface area contributed by atoms with E-state index in [9.17, 15) is 13.2 Å². The van der Waals surface area contributed by atoms with Crippen LogP contribution in [0.25, 0.3) is 0 Å². The molecular weight excluding hydrogens is 240 g/mol. The number of nitrogens with one attached hydrogen (secondary N) is 1. The Bertz CT molecular complexity index is 451. The molecule has 15 heavy (non-hydrogen) atoms. The average Bonchev–Trinajstić information content (AvgIpc) is 2.08. The van der Waals surface area contributed by atoms with Gasteiger partial charge < -0.3 is 11.1 Å². The minimum atomic E-state index is -2.52. The van der Waals surface area contributed by atoms with Crippen LogP contribution in [0.2, 0.25) is 5.02 Å². The summed E-state index contributed by atoms with van der Waals surface area (Å²) in [6, 6.07) is 3.80. The number of anilines is 1. The topological polar surface area (TPSA) is 89.3 Å². The van der Waals surface area contributed by atoms with Gasteiger partial charge in [-0.15, -0.1) is 0 Å². The van der Waals surface area contributed by atoms with E-state index in [0.29, 0.717) is 11.3 Å². The number of hydrogen-bond acceptors (Lipinski definition) is 3. The first-order valence-electron chi connectivity index (χ1n) is 3.95. The summed E-state index contributed by atoms with van der Waals surface area (Å²) in [5, 5.41) is 2.61. The Hall–Kier alpha value is -1.27. The number of primary amides is 1. The fraction of sp³-hybridized carbons (Fsp3) is 0.125. The number of carbonyl (C=O) groups excluding carboxylic acids is 1. The first-order chi connectivity index (χ1) is 6.99. The molecule has 0 atom stereocenters. The first kappa shape index (κ1) is 11.8. The molecule has 0 fully saturated rings. The average molecular weight is 249 g/mol. The van der Waals surface area contributed by atoms with Crippen LogP contribution in [-0.4, -0.2) is 14.4 Å². The Kier molecular flexibility index (Phi) is 3.93. The standard InChI is InChI=1S/C8H9ClN2O3S/c9-7-3-6(11-8(10)12)2-1-5(7)4-15(13)14/h1-3,15H,4H2,(H3,10,11,12). The van der Waals surface area contributed by atoms with Crippen molar-refractivity contribution in [2.45, 2.75) is 5.75 Å². The van der Waals surface area contributed by atoms with E-state index in [0.717, 1.165) is 0 Å². The smallest absolute Gasteiger partial charge is 0.316 e. The third-order valence-corrected chi connectivity index (χ3v) is 2.57. The molecule has 0 aliphatic heterocycles. The molecule has 2 amide bonds. The van der Waals surface area contributed by atoms with Crippen LogP contribution >= 0.6 is 11.6 Å². The Balaban J connectivity index is 2.92. The Morgan fingerprint density at radius 2 is 2.13 bits per heavy atom. The van der Waals surface area contributed by atoms with E-state index in [4.69, 9.17) is 17.3 Å². The second-order valence-corrected chi connectivity index (χ2v) is 4.18. The van der Waals surface area contributed by atoms with Gasteiger partial charge in [-0.3, -0.25) is 0 Å². The van der Waals surface area contributed by atoms with Crippen molar-refractivity contribution in [1.82, 2.24) is 0 Å². The lowest BCUT2D eigenvalue weighted by Crippen LogP contribution is -2.19. The monoisotopic (exact) mass is 248 g/mol. The maximum Gasteiger partial charge on any atom is 0.316 e. The number of nitrogens with two attached hydrogens (primary N) is 1. The number of hydrogen-bond donors (Lipinski definition) is 3. The lowest BCUT2D eigenvalue weighted by atomic mass is 10.2. The molecule has 0 heterocycles. The lowest BCUT2D eigenvalue weighted by Gasteiger charge is -2.04. The number of benzene rings is 1. The molecule has 0 aliphatic rings. The second kappa shape index (κ2) is 4.99. The molecular formula is C8H9ClN2O3S. The van der Waals surface area contributed by atoms with Crippen molar-refractivity contribution in [3.05, 3.63) is 28.8 Å². The molecule has 0 saturated heterocycles. The molecule has 1 rings (SSSR count). The van der Waals surface area contributed by atoms with Crippen LogP contribution in [0.5, 0.6) is 0 Å².